The maximum absolute atomic E-state index is 13.9. The van der Waals surface area contributed by atoms with Crippen molar-refractivity contribution in [2.45, 2.75) is 0 Å². The molecule has 2 aromatic carbocycles. The van der Waals surface area contributed by atoms with Crippen molar-refractivity contribution >= 4 is 52.2 Å². The van der Waals surface area contributed by atoms with Crippen LogP contribution in [0.1, 0.15) is 16.2 Å². The molecule has 2 amide bonds. The molecule has 0 bridgehead atoms. The zero-order valence-corrected chi connectivity index (χ0v) is 20.3. The molecule has 0 aliphatic heterocycles. The predicted molar refractivity (Wildman–Crippen MR) is 141 cm³/mol. The van der Waals surface area contributed by atoms with E-state index in [0.717, 1.165) is 0 Å². The Labute approximate surface area is 216 Å². The summed E-state index contributed by atoms with van der Waals surface area (Å²) in [6.07, 6.45) is 3.02. The van der Waals surface area contributed by atoms with Gasteiger partial charge in [0.25, 0.3) is 0 Å². The Morgan fingerprint density at radius 2 is 1.14 bits per heavy atom. The number of anilines is 2. The number of hydrogen-bond acceptors (Lipinski definition) is 5. The zero-order chi connectivity index (χ0) is 25.8. The molecule has 0 radical (unpaired) electrons. The van der Waals surface area contributed by atoms with E-state index < -0.39 is 17.6 Å². The first-order chi connectivity index (χ1) is 17.3. The first-order valence-electron chi connectivity index (χ1n) is 10.8. The lowest BCUT2D eigenvalue weighted by Crippen LogP contribution is -2.22. The van der Waals surface area contributed by atoms with Crippen LogP contribution in [0.5, 0.6) is 0 Å². The van der Waals surface area contributed by atoms with Gasteiger partial charge in [0.15, 0.2) is 0 Å². The highest BCUT2D eigenvalue weighted by atomic mass is 35.5. The second-order valence-corrected chi connectivity index (χ2v) is 8.63. The molecule has 0 atom stereocenters. The van der Waals surface area contributed by atoms with Crippen LogP contribution in [0.2, 0.25) is 10.0 Å². The van der Waals surface area contributed by atoms with Gasteiger partial charge in [-0.3, -0.25) is 14.4 Å². The number of rotatable bonds is 8. The van der Waals surface area contributed by atoms with Crippen molar-refractivity contribution in [2.24, 2.45) is 11.5 Å². The highest BCUT2D eigenvalue weighted by Crippen LogP contribution is 2.38. The van der Waals surface area contributed by atoms with Crippen LogP contribution < -0.4 is 22.1 Å². The largest absolute Gasteiger partial charge is 0.356 e. The van der Waals surface area contributed by atoms with Crippen LogP contribution in [0.4, 0.5) is 11.4 Å². The molecule has 0 saturated carbocycles. The van der Waals surface area contributed by atoms with Crippen LogP contribution in [-0.4, -0.2) is 40.7 Å². The number of nitrogens with one attached hydrogen (secondary N) is 4. The molecule has 0 aliphatic carbocycles. The molecule has 11 heteroatoms. The van der Waals surface area contributed by atoms with Crippen LogP contribution in [-0.2, 0) is 9.59 Å². The third-order valence-electron chi connectivity index (χ3n) is 5.36. The van der Waals surface area contributed by atoms with Crippen molar-refractivity contribution < 1.29 is 14.4 Å². The maximum atomic E-state index is 13.9. The van der Waals surface area contributed by atoms with E-state index in [1.165, 1.54) is 12.4 Å². The molecule has 184 valence electrons. The highest BCUT2D eigenvalue weighted by Gasteiger charge is 2.27. The molecule has 2 heterocycles. The Bertz CT molecular complexity index is 1350. The molecule has 4 rings (SSSR count). The lowest BCUT2D eigenvalue weighted by Gasteiger charge is -2.11. The monoisotopic (exact) mass is 524 g/mol. The van der Waals surface area contributed by atoms with Gasteiger partial charge < -0.3 is 32.1 Å². The van der Waals surface area contributed by atoms with Crippen LogP contribution in [0.25, 0.3) is 22.3 Å². The van der Waals surface area contributed by atoms with E-state index in [4.69, 9.17) is 34.7 Å². The number of H-pyrrole nitrogens is 2. The van der Waals surface area contributed by atoms with Crippen molar-refractivity contribution in [3.63, 3.8) is 0 Å². The topological polar surface area (TPSA) is 159 Å². The van der Waals surface area contributed by atoms with Gasteiger partial charge in [0, 0.05) is 33.6 Å². The smallest absolute Gasteiger partial charge is 0.238 e. The third kappa shape index (κ3) is 5.19. The molecule has 8 N–H and O–H groups in total. The molecule has 0 saturated heterocycles. The van der Waals surface area contributed by atoms with Crippen molar-refractivity contribution in [1.29, 1.82) is 0 Å². The van der Waals surface area contributed by atoms with E-state index in [0.29, 0.717) is 43.7 Å². The normalized spacial score (nSPS) is 10.8. The summed E-state index contributed by atoms with van der Waals surface area (Å²) < 4.78 is 0. The summed E-state index contributed by atoms with van der Waals surface area (Å²) in [4.78, 5) is 44.0. The number of aromatic nitrogens is 2. The Morgan fingerprint density at radius 3 is 1.50 bits per heavy atom. The SMILES string of the molecule is NCC(=O)Nc1c[nH]c(C(=O)c2[nH]cc(NC(=O)CN)c2-c2cccc(Cl)c2)c1-c1cccc(Cl)c1. The molecule has 0 fully saturated rings. The van der Waals surface area contributed by atoms with Gasteiger partial charge in [-0.25, -0.2) is 0 Å². The predicted octanol–water partition coefficient (Wildman–Crippen LogP) is 4.01. The van der Waals surface area contributed by atoms with Crippen LogP contribution >= 0.6 is 23.2 Å². The van der Waals surface area contributed by atoms with Crippen LogP contribution in [0.15, 0.2) is 60.9 Å². The molecular formula is C25H22Cl2N6O3. The summed E-state index contributed by atoms with van der Waals surface area (Å²) in [5, 5.41) is 6.32. The molecule has 2 aromatic heterocycles. The fraction of sp³-hybridized carbons (Fsp3) is 0.0800. The first-order valence-corrected chi connectivity index (χ1v) is 11.6. The molecule has 9 nitrogen and oxygen atoms in total. The van der Waals surface area contributed by atoms with Gasteiger partial charge in [0.1, 0.15) is 0 Å². The summed E-state index contributed by atoms with van der Waals surface area (Å²) in [5.74, 6) is -1.29. The van der Waals surface area contributed by atoms with E-state index in [1.54, 1.807) is 48.5 Å². The minimum atomic E-state index is -0.429. The van der Waals surface area contributed by atoms with E-state index in [-0.39, 0.29) is 24.5 Å². The minimum absolute atomic E-state index is 0.186. The number of halogens is 2. The second kappa shape index (κ2) is 10.8. The lowest BCUT2D eigenvalue weighted by molar-refractivity contribution is -0.115. The minimum Gasteiger partial charge on any atom is -0.356 e. The number of benzene rings is 2. The first kappa shape index (κ1) is 25.2. The van der Waals surface area contributed by atoms with Gasteiger partial charge >= 0.3 is 0 Å². The standard InChI is InChI=1S/C25H22Cl2N6O3/c26-15-5-1-3-13(7-15)21-17(32-19(34)9-28)11-30-23(21)25(36)24-22(14-4-2-6-16(27)8-14)18(12-31-24)33-20(35)10-29/h1-8,11-12,30-31H,9-10,28-29H2,(H,32,34)(H,33,35). The number of aromatic amines is 2. The Kier molecular flexibility index (Phi) is 7.56. The van der Waals surface area contributed by atoms with E-state index in [9.17, 15) is 14.4 Å². The summed E-state index contributed by atoms with van der Waals surface area (Å²) in [7, 11) is 0. The number of nitrogens with two attached hydrogens (primary N) is 2. The number of amides is 2. The van der Waals surface area contributed by atoms with Gasteiger partial charge in [-0.2, -0.15) is 0 Å². The molecule has 0 unspecified atom stereocenters. The molecule has 36 heavy (non-hydrogen) atoms. The zero-order valence-electron chi connectivity index (χ0n) is 18.8. The number of carbonyl (C=O) groups is 3. The van der Waals surface area contributed by atoms with E-state index >= 15 is 0 Å². The Balaban J connectivity index is 1.89. The maximum Gasteiger partial charge on any atom is 0.238 e. The van der Waals surface area contributed by atoms with E-state index in [2.05, 4.69) is 20.6 Å². The molecule has 0 aliphatic rings. The van der Waals surface area contributed by atoms with E-state index in [1.807, 2.05) is 0 Å². The highest BCUT2D eigenvalue weighted by molar-refractivity contribution is 6.31. The molecular weight excluding hydrogens is 503 g/mol. The molecule has 0 spiro atoms. The van der Waals surface area contributed by atoms with Gasteiger partial charge in [-0.05, 0) is 35.4 Å². The summed E-state index contributed by atoms with van der Waals surface area (Å²) in [6.45, 7) is -0.466. The second-order valence-electron chi connectivity index (χ2n) is 7.76. The summed E-state index contributed by atoms with van der Waals surface area (Å²) in [6, 6.07) is 13.8. The Morgan fingerprint density at radius 1 is 0.722 bits per heavy atom. The third-order valence-corrected chi connectivity index (χ3v) is 5.83. The van der Waals surface area contributed by atoms with Crippen LogP contribution in [0.3, 0.4) is 0 Å². The fourth-order valence-corrected chi connectivity index (χ4v) is 4.20. The quantitative estimate of drug-likeness (QED) is 0.192. The van der Waals surface area contributed by atoms with Gasteiger partial charge in [0.2, 0.25) is 17.6 Å². The summed E-state index contributed by atoms with van der Waals surface area (Å²) in [5.41, 5.74) is 14.1. The summed E-state index contributed by atoms with van der Waals surface area (Å²) >= 11 is 12.4. The average Bonchev–Trinajstić information content (AvgIpc) is 3.47. The van der Waals surface area contributed by atoms with Crippen molar-refractivity contribution in [2.75, 3.05) is 23.7 Å². The lowest BCUT2D eigenvalue weighted by atomic mass is 9.97. The van der Waals surface area contributed by atoms with Crippen molar-refractivity contribution in [3.05, 3.63) is 82.4 Å². The van der Waals surface area contributed by atoms with Crippen LogP contribution in [0, 0.1) is 0 Å². The van der Waals surface area contributed by atoms with Crippen molar-refractivity contribution in [3.8, 4) is 22.3 Å². The Hall–Kier alpha value is -3.89. The van der Waals surface area contributed by atoms with Gasteiger partial charge in [-0.1, -0.05) is 47.5 Å². The van der Waals surface area contributed by atoms with Gasteiger partial charge in [-0.15, -0.1) is 0 Å². The fourth-order valence-electron chi connectivity index (χ4n) is 3.82. The molecule has 4 aromatic rings. The number of carbonyl (C=O) groups excluding carboxylic acids is 3. The number of ketones is 1. The van der Waals surface area contributed by atoms with Gasteiger partial charge in [0.05, 0.1) is 35.9 Å². The van der Waals surface area contributed by atoms with Crippen molar-refractivity contribution in [1.82, 2.24) is 9.97 Å². The average molecular weight is 525 g/mol. The number of hydrogen-bond donors (Lipinski definition) is 6.